The third-order valence-electron chi connectivity index (χ3n) is 5.41. The van der Waals surface area contributed by atoms with Crippen LogP contribution < -0.4 is 20.7 Å². The number of para-hydroxylation sites is 1. The minimum absolute atomic E-state index is 0.00335. The van der Waals surface area contributed by atoms with Gasteiger partial charge in [0.05, 0.1) is 25.3 Å². The molecular weight excluding hydrogens is 366 g/mol. The number of anilines is 1. The van der Waals surface area contributed by atoms with Gasteiger partial charge in [-0.2, -0.15) is 0 Å². The first-order chi connectivity index (χ1) is 14.1. The summed E-state index contributed by atoms with van der Waals surface area (Å²) in [7, 11) is 1.64. The average Bonchev–Trinajstić information content (AvgIpc) is 3.66. The Morgan fingerprint density at radius 2 is 1.76 bits per heavy atom. The van der Waals surface area contributed by atoms with E-state index in [2.05, 4.69) is 16.0 Å². The van der Waals surface area contributed by atoms with Gasteiger partial charge in [-0.15, -0.1) is 0 Å². The summed E-state index contributed by atoms with van der Waals surface area (Å²) in [5.74, 6) is 1.10. The van der Waals surface area contributed by atoms with Gasteiger partial charge in [-0.05, 0) is 61.4 Å². The highest BCUT2D eigenvalue weighted by Gasteiger charge is 2.33. The van der Waals surface area contributed by atoms with E-state index in [-0.39, 0.29) is 24.4 Å². The fourth-order valence-electron chi connectivity index (χ4n) is 3.44. The summed E-state index contributed by atoms with van der Waals surface area (Å²) in [4.78, 5) is 25.0. The molecule has 0 unspecified atom stereocenters. The zero-order chi connectivity index (χ0) is 20.2. The average molecular weight is 393 g/mol. The number of hydrogen-bond donors (Lipinski definition) is 3. The van der Waals surface area contributed by atoms with Gasteiger partial charge in [0.15, 0.2) is 0 Å². The number of nitrogens with one attached hydrogen (secondary N) is 3. The van der Waals surface area contributed by atoms with Gasteiger partial charge >= 0.3 is 0 Å². The largest absolute Gasteiger partial charge is 0.497 e. The second-order valence-corrected chi connectivity index (χ2v) is 7.80. The molecule has 2 aromatic carbocycles. The molecule has 0 bridgehead atoms. The molecule has 1 atom stereocenters. The molecule has 0 spiro atoms. The Labute approximate surface area is 171 Å². The lowest BCUT2D eigenvalue weighted by Gasteiger charge is -2.20. The van der Waals surface area contributed by atoms with Gasteiger partial charge in [-0.25, -0.2) is 0 Å². The van der Waals surface area contributed by atoms with Gasteiger partial charge in [0.2, 0.25) is 5.91 Å². The van der Waals surface area contributed by atoms with Crippen molar-refractivity contribution in [3.63, 3.8) is 0 Å². The Kier molecular flexibility index (Phi) is 5.69. The second kappa shape index (κ2) is 8.55. The summed E-state index contributed by atoms with van der Waals surface area (Å²) in [6, 6.07) is 15.5. The van der Waals surface area contributed by atoms with Crippen LogP contribution in [0.2, 0.25) is 0 Å². The second-order valence-electron chi connectivity index (χ2n) is 7.80. The summed E-state index contributed by atoms with van der Waals surface area (Å²) < 4.78 is 5.22. The van der Waals surface area contributed by atoms with Crippen LogP contribution in [0.3, 0.4) is 0 Å². The first-order valence-electron chi connectivity index (χ1n) is 10.2. The zero-order valence-corrected chi connectivity index (χ0v) is 16.6. The quantitative estimate of drug-likeness (QED) is 0.611. The molecule has 0 saturated heterocycles. The molecule has 6 heteroatoms. The molecule has 0 aromatic heterocycles. The number of ether oxygens (including phenoxy) is 1. The van der Waals surface area contributed by atoms with Gasteiger partial charge in [-0.1, -0.05) is 24.3 Å². The molecule has 3 N–H and O–H groups in total. The zero-order valence-electron chi connectivity index (χ0n) is 16.6. The highest BCUT2D eigenvalue weighted by molar-refractivity contribution is 6.00. The number of carbonyl (C=O) groups is 2. The molecule has 0 heterocycles. The predicted octanol–water partition coefficient (Wildman–Crippen LogP) is 3.27. The van der Waals surface area contributed by atoms with Crippen LogP contribution in [-0.2, 0) is 4.79 Å². The van der Waals surface area contributed by atoms with E-state index in [1.807, 2.05) is 42.5 Å². The summed E-state index contributed by atoms with van der Waals surface area (Å²) in [6.45, 7) is 0.118. The predicted molar refractivity (Wildman–Crippen MR) is 112 cm³/mol. The van der Waals surface area contributed by atoms with Crippen LogP contribution in [0, 0.1) is 5.92 Å². The third-order valence-corrected chi connectivity index (χ3v) is 5.41. The van der Waals surface area contributed by atoms with E-state index in [9.17, 15) is 9.59 Å². The maximum Gasteiger partial charge on any atom is 0.253 e. The normalized spacial score (nSPS) is 16.6. The molecule has 0 aliphatic heterocycles. The monoisotopic (exact) mass is 393 g/mol. The summed E-state index contributed by atoms with van der Waals surface area (Å²) in [5.41, 5.74) is 2.33. The highest BCUT2D eigenvalue weighted by Crippen LogP contribution is 2.41. The number of hydrogen-bond acceptors (Lipinski definition) is 4. The summed E-state index contributed by atoms with van der Waals surface area (Å²) in [6.07, 6.45) is 4.32. The van der Waals surface area contributed by atoms with Gasteiger partial charge in [-0.3, -0.25) is 9.59 Å². The van der Waals surface area contributed by atoms with Crippen molar-refractivity contribution in [3.05, 3.63) is 59.7 Å². The number of benzene rings is 2. The summed E-state index contributed by atoms with van der Waals surface area (Å²) >= 11 is 0. The van der Waals surface area contributed by atoms with Crippen LogP contribution in [0.15, 0.2) is 48.5 Å². The number of amides is 2. The molecule has 2 aliphatic rings. The van der Waals surface area contributed by atoms with Crippen molar-refractivity contribution in [1.82, 2.24) is 10.6 Å². The van der Waals surface area contributed by atoms with Crippen LogP contribution in [0.25, 0.3) is 0 Å². The first kappa shape index (κ1) is 19.3. The molecule has 29 heavy (non-hydrogen) atoms. The maximum atomic E-state index is 12.6. The van der Waals surface area contributed by atoms with Crippen molar-refractivity contribution in [3.8, 4) is 5.75 Å². The van der Waals surface area contributed by atoms with Crippen molar-refractivity contribution < 1.29 is 14.3 Å². The smallest absolute Gasteiger partial charge is 0.253 e. The summed E-state index contributed by atoms with van der Waals surface area (Å²) in [5, 5.41) is 9.27. The van der Waals surface area contributed by atoms with E-state index in [1.165, 1.54) is 0 Å². The van der Waals surface area contributed by atoms with Gasteiger partial charge < -0.3 is 20.7 Å². The molecule has 2 aromatic rings. The Morgan fingerprint density at radius 1 is 1.03 bits per heavy atom. The fraction of sp³-hybridized carbons (Fsp3) is 0.391. The lowest BCUT2D eigenvalue weighted by atomic mass is 10.0. The van der Waals surface area contributed by atoms with Crippen molar-refractivity contribution in [2.24, 2.45) is 5.92 Å². The lowest BCUT2D eigenvalue weighted by molar-refractivity contribution is -0.120. The molecule has 152 valence electrons. The van der Waals surface area contributed by atoms with Gasteiger partial charge in [0, 0.05) is 11.7 Å². The minimum atomic E-state index is -0.0925. The van der Waals surface area contributed by atoms with Crippen LogP contribution in [-0.4, -0.2) is 31.5 Å². The SMILES string of the molecule is COc1ccc([C@H](NC(=O)CNc2ccccc2C(=O)NC2CC2)C2CC2)cc1. The van der Waals surface area contributed by atoms with Crippen molar-refractivity contribution in [2.45, 2.75) is 37.8 Å². The first-order valence-corrected chi connectivity index (χ1v) is 10.2. The molecule has 2 amide bonds. The topological polar surface area (TPSA) is 79.5 Å². The standard InChI is InChI=1S/C23H27N3O3/c1-29-18-12-8-16(9-13-18)22(15-6-7-15)26-21(27)14-24-20-5-3-2-4-19(20)23(28)25-17-10-11-17/h2-5,8-9,12-13,15,17,22,24H,6-7,10-11,14H2,1H3,(H,25,28)(H,26,27)/t22-/m1/s1. The van der Waals surface area contributed by atoms with E-state index in [1.54, 1.807) is 13.2 Å². The minimum Gasteiger partial charge on any atom is -0.497 e. The lowest BCUT2D eigenvalue weighted by Crippen LogP contribution is -2.35. The van der Waals surface area contributed by atoms with Crippen molar-refractivity contribution >= 4 is 17.5 Å². The van der Waals surface area contributed by atoms with E-state index < -0.39 is 0 Å². The van der Waals surface area contributed by atoms with Crippen molar-refractivity contribution in [1.29, 1.82) is 0 Å². The molecule has 4 rings (SSSR count). The molecule has 6 nitrogen and oxygen atoms in total. The van der Waals surface area contributed by atoms with E-state index in [4.69, 9.17) is 4.74 Å². The van der Waals surface area contributed by atoms with E-state index >= 15 is 0 Å². The molecule has 0 radical (unpaired) electrons. The number of methoxy groups -OCH3 is 1. The Morgan fingerprint density at radius 3 is 2.41 bits per heavy atom. The molecule has 2 saturated carbocycles. The molecular formula is C23H27N3O3. The van der Waals surface area contributed by atoms with Gasteiger partial charge in [0.25, 0.3) is 5.91 Å². The van der Waals surface area contributed by atoms with Gasteiger partial charge in [0.1, 0.15) is 5.75 Å². The van der Waals surface area contributed by atoms with Crippen LogP contribution >= 0.6 is 0 Å². The number of carbonyl (C=O) groups excluding carboxylic acids is 2. The third kappa shape index (κ3) is 5.08. The maximum absolute atomic E-state index is 12.6. The Bertz CT molecular complexity index is 873. The highest BCUT2D eigenvalue weighted by atomic mass is 16.5. The van der Waals surface area contributed by atoms with E-state index in [0.717, 1.165) is 37.0 Å². The molecule has 2 aliphatic carbocycles. The Hall–Kier alpha value is -3.02. The van der Waals surface area contributed by atoms with Crippen LogP contribution in [0.1, 0.15) is 47.6 Å². The fourth-order valence-corrected chi connectivity index (χ4v) is 3.44. The van der Waals surface area contributed by atoms with Crippen molar-refractivity contribution in [2.75, 3.05) is 19.0 Å². The number of rotatable bonds is 9. The Balaban J connectivity index is 1.37. The van der Waals surface area contributed by atoms with Crippen LogP contribution in [0.4, 0.5) is 5.69 Å². The van der Waals surface area contributed by atoms with E-state index in [0.29, 0.717) is 23.2 Å². The van der Waals surface area contributed by atoms with Crippen LogP contribution in [0.5, 0.6) is 5.75 Å². The molecule has 2 fully saturated rings.